The van der Waals surface area contributed by atoms with Crippen LogP contribution in [0, 0.1) is 6.92 Å². The molecule has 126 valence electrons. The van der Waals surface area contributed by atoms with Crippen molar-refractivity contribution in [2.45, 2.75) is 57.6 Å². The molecule has 2 amide bonds. The number of nitrogens with zero attached hydrogens (tertiary/aromatic N) is 1. The molecule has 0 radical (unpaired) electrons. The molecule has 2 fully saturated rings. The van der Waals surface area contributed by atoms with Gasteiger partial charge in [0.1, 0.15) is 5.75 Å². The largest absolute Gasteiger partial charge is 0.490 e. The fourth-order valence-electron chi connectivity index (χ4n) is 3.54. The van der Waals surface area contributed by atoms with Gasteiger partial charge in [0.05, 0.1) is 18.8 Å². The molecule has 23 heavy (non-hydrogen) atoms. The van der Waals surface area contributed by atoms with E-state index in [9.17, 15) is 9.90 Å². The predicted molar refractivity (Wildman–Crippen MR) is 89.9 cm³/mol. The van der Waals surface area contributed by atoms with E-state index in [1.165, 1.54) is 12.8 Å². The van der Waals surface area contributed by atoms with Crippen molar-refractivity contribution in [3.63, 3.8) is 0 Å². The summed E-state index contributed by atoms with van der Waals surface area (Å²) in [6.07, 6.45) is 6.81. The van der Waals surface area contributed by atoms with Crippen LogP contribution in [-0.4, -0.2) is 41.3 Å². The Bertz CT molecular complexity index is 555. The van der Waals surface area contributed by atoms with Gasteiger partial charge in [0, 0.05) is 17.8 Å². The molecule has 5 nitrogen and oxygen atoms in total. The first-order valence-corrected chi connectivity index (χ1v) is 8.64. The van der Waals surface area contributed by atoms with E-state index in [-0.39, 0.29) is 18.7 Å². The number of amides is 2. The van der Waals surface area contributed by atoms with Crippen molar-refractivity contribution in [1.82, 2.24) is 4.90 Å². The highest BCUT2D eigenvalue weighted by atomic mass is 16.5. The molecule has 3 rings (SSSR count). The van der Waals surface area contributed by atoms with Gasteiger partial charge in [-0.25, -0.2) is 4.79 Å². The van der Waals surface area contributed by atoms with Crippen LogP contribution in [0.5, 0.6) is 5.75 Å². The highest BCUT2D eigenvalue weighted by molar-refractivity contribution is 5.91. The van der Waals surface area contributed by atoms with Crippen molar-refractivity contribution >= 4 is 11.7 Å². The molecule has 2 N–H and O–H groups in total. The number of ether oxygens (including phenoxy) is 1. The SMILES string of the molecule is Cc1c(NC(=O)N2CCC[C@@H]2CO)cccc1OC1CCCC1. The fourth-order valence-corrected chi connectivity index (χ4v) is 3.54. The monoisotopic (exact) mass is 318 g/mol. The van der Waals surface area contributed by atoms with Crippen LogP contribution in [0.2, 0.25) is 0 Å². The predicted octanol–water partition coefficient (Wildman–Crippen LogP) is 3.31. The summed E-state index contributed by atoms with van der Waals surface area (Å²) in [5, 5.41) is 12.3. The van der Waals surface area contributed by atoms with E-state index < -0.39 is 0 Å². The maximum absolute atomic E-state index is 12.5. The standard InChI is InChI=1S/C18H26N2O3/c1-13-16(19-18(22)20-11-5-6-14(20)12-21)9-4-10-17(13)23-15-7-2-3-8-15/h4,9-10,14-15,21H,2-3,5-8,11-12H2,1H3,(H,19,22)/t14-/m1/s1. The lowest BCUT2D eigenvalue weighted by atomic mass is 10.1. The van der Waals surface area contributed by atoms with E-state index in [1.54, 1.807) is 4.90 Å². The Morgan fingerprint density at radius 3 is 2.83 bits per heavy atom. The fraction of sp³-hybridized carbons (Fsp3) is 0.611. The molecule has 2 aliphatic rings. The normalized spacial score (nSPS) is 21.7. The number of benzene rings is 1. The number of rotatable bonds is 4. The summed E-state index contributed by atoms with van der Waals surface area (Å²) < 4.78 is 6.09. The summed E-state index contributed by atoms with van der Waals surface area (Å²) in [6.45, 7) is 2.71. The smallest absolute Gasteiger partial charge is 0.322 e. The number of urea groups is 1. The van der Waals surface area contributed by atoms with Gasteiger partial charge < -0.3 is 20.1 Å². The van der Waals surface area contributed by atoms with Crippen LogP contribution in [0.1, 0.15) is 44.1 Å². The number of anilines is 1. The van der Waals surface area contributed by atoms with Crippen LogP contribution >= 0.6 is 0 Å². The first-order chi connectivity index (χ1) is 11.2. The van der Waals surface area contributed by atoms with E-state index in [4.69, 9.17) is 4.74 Å². The summed E-state index contributed by atoms with van der Waals surface area (Å²) in [6, 6.07) is 5.59. The Kier molecular flexibility index (Phi) is 5.06. The molecule has 1 aliphatic heterocycles. The molecule has 1 aliphatic carbocycles. The third kappa shape index (κ3) is 3.61. The number of aliphatic hydroxyl groups excluding tert-OH is 1. The molecule has 0 unspecified atom stereocenters. The molecule has 1 aromatic carbocycles. The number of nitrogens with one attached hydrogen (secondary N) is 1. The lowest BCUT2D eigenvalue weighted by molar-refractivity contribution is 0.166. The van der Waals surface area contributed by atoms with Crippen LogP contribution in [0.25, 0.3) is 0 Å². The molecular weight excluding hydrogens is 292 g/mol. The highest BCUT2D eigenvalue weighted by Gasteiger charge is 2.28. The maximum Gasteiger partial charge on any atom is 0.322 e. The topological polar surface area (TPSA) is 61.8 Å². The zero-order chi connectivity index (χ0) is 16.2. The molecule has 1 aromatic rings. The van der Waals surface area contributed by atoms with Crippen LogP contribution in [0.15, 0.2) is 18.2 Å². The second-order valence-electron chi connectivity index (χ2n) is 6.56. The zero-order valence-corrected chi connectivity index (χ0v) is 13.8. The molecule has 5 heteroatoms. The average molecular weight is 318 g/mol. The van der Waals surface area contributed by atoms with Gasteiger partial charge in [0.25, 0.3) is 0 Å². The van der Waals surface area contributed by atoms with Gasteiger partial charge >= 0.3 is 6.03 Å². The number of hydrogen-bond acceptors (Lipinski definition) is 3. The lowest BCUT2D eigenvalue weighted by Gasteiger charge is -2.24. The lowest BCUT2D eigenvalue weighted by Crippen LogP contribution is -2.40. The van der Waals surface area contributed by atoms with Crippen molar-refractivity contribution in [3.8, 4) is 5.75 Å². The van der Waals surface area contributed by atoms with E-state index >= 15 is 0 Å². The van der Waals surface area contributed by atoms with Crippen LogP contribution in [0.3, 0.4) is 0 Å². The highest BCUT2D eigenvalue weighted by Crippen LogP contribution is 2.30. The van der Waals surface area contributed by atoms with Crippen LogP contribution in [0.4, 0.5) is 10.5 Å². The van der Waals surface area contributed by atoms with Crippen molar-refractivity contribution in [2.24, 2.45) is 0 Å². The van der Waals surface area contributed by atoms with Crippen molar-refractivity contribution in [1.29, 1.82) is 0 Å². The molecule has 1 saturated carbocycles. The second-order valence-corrected chi connectivity index (χ2v) is 6.56. The molecule has 0 bridgehead atoms. The Hall–Kier alpha value is -1.75. The maximum atomic E-state index is 12.5. The Labute approximate surface area is 137 Å². The van der Waals surface area contributed by atoms with Gasteiger partial charge in [-0.15, -0.1) is 0 Å². The number of carbonyl (C=O) groups is 1. The van der Waals surface area contributed by atoms with E-state index in [0.717, 1.165) is 42.7 Å². The van der Waals surface area contributed by atoms with E-state index in [0.29, 0.717) is 12.6 Å². The Balaban J connectivity index is 1.68. The van der Waals surface area contributed by atoms with Gasteiger partial charge in [0.2, 0.25) is 0 Å². The average Bonchev–Trinajstić information content (AvgIpc) is 3.22. The van der Waals surface area contributed by atoms with Gasteiger partial charge in [-0.05, 0) is 57.6 Å². The third-order valence-corrected chi connectivity index (χ3v) is 4.97. The number of hydrogen-bond donors (Lipinski definition) is 2. The minimum absolute atomic E-state index is 0.0250. The second kappa shape index (κ2) is 7.21. The van der Waals surface area contributed by atoms with Crippen LogP contribution < -0.4 is 10.1 Å². The zero-order valence-electron chi connectivity index (χ0n) is 13.8. The summed E-state index contributed by atoms with van der Waals surface area (Å²) in [5.41, 5.74) is 1.75. The molecule has 1 atom stereocenters. The number of likely N-dealkylation sites (tertiary alicyclic amines) is 1. The molecular formula is C18H26N2O3. The third-order valence-electron chi connectivity index (χ3n) is 4.97. The Morgan fingerprint density at radius 2 is 2.09 bits per heavy atom. The first kappa shape index (κ1) is 16.1. The summed E-state index contributed by atoms with van der Waals surface area (Å²) in [7, 11) is 0. The van der Waals surface area contributed by atoms with Gasteiger partial charge in [0.15, 0.2) is 0 Å². The molecule has 1 saturated heterocycles. The first-order valence-electron chi connectivity index (χ1n) is 8.64. The minimum Gasteiger partial charge on any atom is -0.490 e. The van der Waals surface area contributed by atoms with Gasteiger partial charge in [-0.3, -0.25) is 0 Å². The van der Waals surface area contributed by atoms with Crippen molar-refractivity contribution < 1.29 is 14.6 Å². The van der Waals surface area contributed by atoms with Gasteiger partial charge in [-0.1, -0.05) is 6.07 Å². The van der Waals surface area contributed by atoms with Crippen molar-refractivity contribution in [3.05, 3.63) is 23.8 Å². The van der Waals surface area contributed by atoms with E-state index in [1.807, 2.05) is 25.1 Å². The van der Waals surface area contributed by atoms with Gasteiger partial charge in [-0.2, -0.15) is 0 Å². The van der Waals surface area contributed by atoms with Crippen LogP contribution in [-0.2, 0) is 0 Å². The number of aliphatic hydroxyl groups is 1. The number of carbonyl (C=O) groups excluding carboxylic acids is 1. The minimum atomic E-state index is -0.136. The van der Waals surface area contributed by atoms with E-state index in [2.05, 4.69) is 5.32 Å². The summed E-state index contributed by atoms with van der Waals surface area (Å²) in [5.74, 6) is 0.856. The molecule has 0 spiro atoms. The quantitative estimate of drug-likeness (QED) is 0.895. The molecule has 0 aromatic heterocycles. The summed E-state index contributed by atoms with van der Waals surface area (Å²) >= 11 is 0. The summed E-state index contributed by atoms with van der Waals surface area (Å²) in [4.78, 5) is 14.2. The Morgan fingerprint density at radius 1 is 1.30 bits per heavy atom. The van der Waals surface area contributed by atoms with Crippen molar-refractivity contribution in [2.75, 3.05) is 18.5 Å². The molecule has 1 heterocycles.